The molecule has 0 spiro atoms. The molecule has 0 radical (unpaired) electrons. The summed E-state index contributed by atoms with van der Waals surface area (Å²) in [5, 5.41) is 3.26. The Morgan fingerprint density at radius 1 is 1.46 bits per heavy atom. The predicted octanol–water partition coefficient (Wildman–Crippen LogP) is 1.33. The maximum Gasteiger partial charge on any atom is 0.115 e. The molecule has 1 heterocycles. The molecule has 72 valence electrons. The zero-order chi connectivity index (χ0) is 9.90. The van der Waals surface area contributed by atoms with Crippen LogP contribution in [0.15, 0.2) is 12.5 Å². The zero-order valence-corrected chi connectivity index (χ0v) is 8.76. The molecule has 0 atom stereocenters. The summed E-state index contributed by atoms with van der Waals surface area (Å²) >= 11 is 0. The van der Waals surface area contributed by atoms with Gasteiger partial charge in [0.15, 0.2) is 0 Å². The average Bonchev–Trinajstić information content (AvgIpc) is 2.09. The van der Waals surface area contributed by atoms with Crippen molar-refractivity contribution in [3.63, 3.8) is 0 Å². The van der Waals surface area contributed by atoms with E-state index in [1.165, 1.54) is 5.56 Å². The smallest absolute Gasteiger partial charge is 0.115 e. The number of aromatic nitrogens is 2. The van der Waals surface area contributed by atoms with Gasteiger partial charge in [-0.05, 0) is 39.8 Å². The van der Waals surface area contributed by atoms with Gasteiger partial charge in [0, 0.05) is 17.4 Å². The number of hydrogen-bond acceptors (Lipinski definition) is 3. The van der Waals surface area contributed by atoms with E-state index in [2.05, 4.69) is 29.1 Å². The largest absolute Gasteiger partial charge is 0.314 e. The van der Waals surface area contributed by atoms with Gasteiger partial charge in [0.2, 0.25) is 0 Å². The molecule has 0 aliphatic rings. The van der Waals surface area contributed by atoms with Crippen LogP contribution >= 0.6 is 0 Å². The van der Waals surface area contributed by atoms with Crippen LogP contribution in [0.5, 0.6) is 0 Å². The van der Waals surface area contributed by atoms with E-state index in [4.69, 9.17) is 0 Å². The number of nitrogens with zero attached hydrogens (tertiary/aromatic N) is 2. The van der Waals surface area contributed by atoms with E-state index in [-0.39, 0.29) is 5.54 Å². The van der Waals surface area contributed by atoms with Crippen LogP contribution in [0.1, 0.15) is 25.1 Å². The summed E-state index contributed by atoms with van der Waals surface area (Å²) in [6, 6.07) is 0. The van der Waals surface area contributed by atoms with Crippen molar-refractivity contribution >= 4 is 0 Å². The topological polar surface area (TPSA) is 37.8 Å². The lowest BCUT2D eigenvalue weighted by molar-refractivity contribution is 0.420. The second-order valence-electron chi connectivity index (χ2n) is 3.94. The Morgan fingerprint density at radius 3 is 2.69 bits per heavy atom. The van der Waals surface area contributed by atoms with E-state index in [0.717, 1.165) is 12.1 Å². The van der Waals surface area contributed by atoms with Crippen molar-refractivity contribution in [1.82, 2.24) is 15.3 Å². The van der Waals surface area contributed by atoms with Gasteiger partial charge >= 0.3 is 0 Å². The van der Waals surface area contributed by atoms with Gasteiger partial charge in [0.1, 0.15) is 6.33 Å². The number of nitrogens with one attached hydrogen (secondary N) is 1. The molecule has 0 saturated carbocycles. The molecule has 0 aliphatic heterocycles. The number of rotatable bonds is 3. The molecule has 3 nitrogen and oxygen atoms in total. The van der Waals surface area contributed by atoms with Crippen molar-refractivity contribution < 1.29 is 0 Å². The van der Waals surface area contributed by atoms with Crippen LogP contribution in [0.3, 0.4) is 0 Å². The second kappa shape index (κ2) is 3.83. The highest BCUT2D eigenvalue weighted by atomic mass is 14.9. The zero-order valence-electron chi connectivity index (χ0n) is 8.76. The molecule has 0 unspecified atom stereocenters. The Morgan fingerprint density at radius 2 is 2.15 bits per heavy atom. The Balaban J connectivity index is 2.80. The highest BCUT2D eigenvalue weighted by molar-refractivity contribution is 5.16. The lowest BCUT2D eigenvalue weighted by Crippen LogP contribution is -2.38. The fraction of sp³-hybridized carbons (Fsp3) is 0.600. The van der Waals surface area contributed by atoms with E-state index < -0.39 is 0 Å². The first kappa shape index (κ1) is 10.1. The van der Waals surface area contributed by atoms with E-state index in [1.54, 1.807) is 6.33 Å². The number of hydrogen-bond donors (Lipinski definition) is 1. The quantitative estimate of drug-likeness (QED) is 0.760. The van der Waals surface area contributed by atoms with Gasteiger partial charge in [-0.3, -0.25) is 0 Å². The lowest BCUT2D eigenvalue weighted by Gasteiger charge is -2.24. The van der Waals surface area contributed by atoms with Crippen molar-refractivity contribution in [2.45, 2.75) is 32.7 Å². The van der Waals surface area contributed by atoms with Crippen LogP contribution in [0.25, 0.3) is 0 Å². The number of likely N-dealkylation sites (N-methyl/N-ethyl adjacent to an activating group) is 1. The van der Waals surface area contributed by atoms with Gasteiger partial charge < -0.3 is 5.32 Å². The predicted molar refractivity (Wildman–Crippen MR) is 53.6 cm³/mol. The third kappa shape index (κ3) is 2.77. The minimum absolute atomic E-state index is 0.107. The molecule has 1 N–H and O–H groups in total. The second-order valence-corrected chi connectivity index (χ2v) is 3.94. The molecular formula is C10H17N3. The molecule has 13 heavy (non-hydrogen) atoms. The van der Waals surface area contributed by atoms with Crippen LogP contribution in [0.2, 0.25) is 0 Å². The maximum atomic E-state index is 4.16. The van der Waals surface area contributed by atoms with E-state index in [9.17, 15) is 0 Å². The molecule has 0 aromatic carbocycles. The summed E-state index contributed by atoms with van der Waals surface area (Å²) in [4.78, 5) is 8.18. The van der Waals surface area contributed by atoms with Gasteiger partial charge in [-0.1, -0.05) is 0 Å². The fourth-order valence-electron chi connectivity index (χ4n) is 1.16. The van der Waals surface area contributed by atoms with Crippen LogP contribution in [-0.2, 0) is 6.42 Å². The highest BCUT2D eigenvalue weighted by Gasteiger charge is 2.16. The summed E-state index contributed by atoms with van der Waals surface area (Å²) in [6.45, 7) is 6.35. The van der Waals surface area contributed by atoms with Gasteiger partial charge in [-0.15, -0.1) is 0 Å². The summed E-state index contributed by atoms with van der Waals surface area (Å²) in [5.41, 5.74) is 2.38. The molecule has 3 heteroatoms. The third-order valence-corrected chi connectivity index (χ3v) is 2.32. The van der Waals surface area contributed by atoms with E-state index in [1.807, 2.05) is 20.2 Å². The normalized spacial score (nSPS) is 11.7. The van der Waals surface area contributed by atoms with Crippen LogP contribution in [-0.4, -0.2) is 22.6 Å². The van der Waals surface area contributed by atoms with Gasteiger partial charge in [-0.2, -0.15) is 0 Å². The first-order valence-electron chi connectivity index (χ1n) is 4.49. The van der Waals surface area contributed by atoms with Crippen LogP contribution in [0.4, 0.5) is 0 Å². The highest BCUT2D eigenvalue weighted by Crippen LogP contribution is 2.12. The molecule has 0 fully saturated rings. The maximum absolute atomic E-state index is 4.16. The SMILES string of the molecule is CNC(C)(C)Cc1cncnc1C. The van der Waals surface area contributed by atoms with Crippen molar-refractivity contribution in [1.29, 1.82) is 0 Å². The number of aryl methyl sites for hydroxylation is 1. The molecule has 1 aromatic heterocycles. The molecular weight excluding hydrogens is 162 g/mol. The average molecular weight is 179 g/mol. The summed E-state index contributed by atoms with van der Waals surface area (Å²) in [6.07, 6.45) is 4.43. The summed E-state index contributed by atoms with van der Waals surface area (Å²) in [5.74, 6) is 0. The molecule has 1 aromatic rings. The van der Waals surface area contributed by atoms with Crippen molar-refractivity contribution in [2.24, 2.45) is 0 Å². The van der Waals surface area contributed by atoms with E-state index >= 15 is 0 Å². The third-order valence-electron chi connectivity index (χ3n) is 2.32. The lowest BCUT2D eigenvalue weighted by atomic mass is 9.95. The van der Waals surface area contributed by atoms with Gasteiger partial charge in [0.05, 0.1) is 0 Å². The summed E-state index contributed by atoms with van der Waals surface area (Å²) < 4.78 is 0. The fourth-order valence-corrected chi connectivity index (χ4v) is 1.16. The van der Waals surface area contributed by atoms with E-state index in [0.29, 0.717) is 0 Å². The Kier molecular flexibility index (Phi) is 2.98. The Hall–Kier alpha value is -0.960. The van der Waals surface area contributed by atoms with Crippen molar-refractivity contribution in [2.75, 3.05) is 7.05 Å². The van der Waals surface area contributed by atoms with Crippen molar-refractivity contribution in [3.05, 3.63) is 23.8 Å². The minimum Gasteiger partial charge on any atom is -0.314 e. The molecule has 0 saturated heterocycles. The molecule has 0 aliphatic carbocycles. The Bertz CT molecular complexity index is 281. The first-order chi connectivity index (χ1) is 6.05. The molecule has 0 bridgehead atoms. The molecule has 1 rings (SSSR count). The monoisotopic (exact) mass is 179 g/mol. The van der Waals surface area contributed by atoms with Gasteiger partial charge in [-0.25, -0.2) is 9.97 Å². The molecule has 0 amide bonds. The van der Waals surface area contributed by atoms with Gasteiger partial charge in [0.25, 0.3) is 0 Å². The summed E-state index contributed by atoms with van der Waals surface area (Å²) in [7, 11) is 1.97. The minimum atomic E-state index is 0.107. The Labute approximate surface area is 79.6 Å². The standard InChI is InChI=1S/C10H17N3/c1-8-9(6-12-7-13-8)5-10(2,3)11-4/h6-7,11H,5H2,1-4H3. The van der Waals surface area contributed by atoms with Crippen LogP contribution < -0.4 is 5.32 Å². The first-order valence-corrected chi connectivity index (χ1v) is 4.49. The van der Waals surface area contributed by atoms with Crippen LogP contribution in [0, 0.1) is 6.92 Å². The van der Waals surface area contributed by atoms with Crippen molar-refractivity contribution in [3.8, 4) is 0 Å².